The molecular weight excluding hydrogens is 444 g/mol. The normalized spacial score (nSPS) is 14.4. The van der Waals surface area contributed by atoms with Gasteiger partial charge in [-0.2, -0.15) is 0 Å². The van der Waals surface area contributed by atoms with Crippen LogP contribution in [-0.2, 0) is 28.9 Å². The third kappa shape index (κ3) is 6.64. The number of hydrogen-bond acceptors (Lipinski definition) is 2. The molecule has 36 heavy (non-hydrogen) atoms. The summed E-state index contributed by atoms with van der Waals surface area (Å²) in [6.45, 7) is 3.81. The molecule has 1 fully saturated rings. The van der Waals surface area contributed by atoms with Crippen molar-refractivity contribution >= 4 is 11.8 Å². The van der Waals surface area contributed by atoms with E-state index in [1.165, 1.54) is 11.1 Å². The van der Waals surface area contributed by atoms with Crippen LogP contribution in [-0.4, -0.2) is 36.3 Å². The Kier molecular flexibility index (Phi) is 8.57. The van der Waals surface area contributed by atoms with Crippen LogP contribution < -0.4 is 5.32 Å². The second kappa shape index (κ2) is 12.2. The molecular formula is C32H34N2O2. The fourth-order valence-corrected chi connectivity index (χ4v) is 4.78. The highest BCUT2D eigenvalue weighted by Gasteiger charge is 2.42. The maximum Gasteiger partial charge on any atom is 0.298 e. The lowest BCUT2D eigenvalue weighted by atomic mass is 9.73. The smallest absolute Gasteiger partial charge is 0.298 e. The van der Waals surface area contributed by atoms with E-state index in [9.17, 15) is 9.59 Å². The van der Waals surface area contributed by atoms with E-state index < -0.39 is 5.41 Å². The van der Waals surface area contributed by atoms with Crippen LogP contribution in [0.15, 0.2) is 84.9 Å². The molecule has 4 nitrogen and oxygen atoms in total. The molecule has 4 rings (SSSR count). The second-order valence-electron chi connectivity index (χ2n) is 9.53. The summed E-state index contributed by atoms with van der Waals surface area (Å²) in [6, 6.07) is 28.3. The predicted octanol–water partition coefficient (Wildman–Crippen LogP) is 4.81. The van der Waals surface area contributed by atoms with E-state index in [1.807, 2.05) is 48.5 Å². The largest absolute Gasteiger partial charge is 0.355 e. The van der Waals surface area contributed by atoms with Gasteiger partial charge < -0.3 is 10.2 Å². The number of piperidine rings is 1. The molecule has 0 atom stereocenters. The Hall–Kier alpha value is -3.84. The van der Waals surface area contributed by atoms with E-state index in [0.717, 1.165) is 24.0 Å². The number of carbonyl (C=O) groups excluding carboxylic acids is 2. The number of rotatable bonds is 7. The zero-order valence-electron chi connectivity index (χ0n) is 21.0. The van der Waals surface area contributed by atoms with E-state index in [4.69, 9.17) is 0 Å². The van der Waals surface area contributed by atoms with Crippen molar-refractivity contribution in [2.24, 2.45) is 5.41 Å². The summed E-state index contributed by atoms with van der Waals surface area (Å²) in [5, 5.41) is 3.21. The van der Waals surface area contributed by atoms with Crippen LogP contribution in [0, 0.1) is 17.3 Å². The Balaban J connectivity index is 1.40. The SMILES string of the molecule is CCc1ccc(CCNC(=O)C2(Cc3ccccc3)CCN(C(=O)C#Cc3ccccc3)CC2)cc1. The van der Waals surface area contributed by atoms with Gasteiger partial charge >= 0.3 is 0 Å². The molecule has 3 aromatic rings. The average Bonchev–Trinajstić information content (AvgIpc) is 2.93. The maximum atomic E-state index is 13.6. The van der Waals surface area contributed by atoms with Crippen molar-refractivity contribution < 1.29 is 9.59 Å². The first-order valence-electron chi connectivity index (χ1n) is 12.8. The molecule has 2 amide bonds. The first-order chi connectivity index (χ1) is 17.6. The average molecular weight is 479 g/mol. The number of likely N-dealkylation sites (tertiary alicyclic amines) is 1. The zero-order chi connectivity index (χ0) is 25.2. The monoisotopic (exact) mass is 478 g/mol. The number of benzene rings is 3. The fourth-order valence-electron chi connectivity index (χ4n) is 4.78. The van der Waals surface area contributed by atoms with E-state index in [2.05, 4.69) is 60.5 Å². The Labute approximate surface area is 214 Å². The minimum absolute atomic E-state index is 0.0824. The van der Waals surface area contributed by atoms with Gasteiger partial charge in [0.1, 0.15) is 0 Å². The highest BCUT2D eigenvalue weighted by molar-refractivity contribution is 5.94. The first-order valence-corrected chi connectivity index (χ1v) is 12.8. The van der Waals surface area contributed by atoms with Gasteiger partial charge in [-0.1, -0.05) is 85.6 Å². The van der Waals surface area contributed by atoms with Crippen molar-refractivity contribution in [3.8, 4) is 11.8 Å². The van der Waals surface area contributed by atoms with Crippen LogP contribution in [0.5, 0.6) is 0 Å². The fraction of sp³-hybridized carbons (Fsp3) is 0.312. The lowest BCUT2D eigenvalue weighted by Gasteiger charge is -2.40. The van der Waals surface area contributed by atoms with Crippen LogP contribution in [0.25, 0.3) is 0 Å². The van der Waals surface area contributed by atoms with E-state index in [0.29, 0.717) is 38.9 Å². The molecule has 0 spiro atoms. The van der Waals surface area contributed by atoms with Crippen molar-refractivity contribution in [3.05, 3.63) is 107 Å². The van der Waals surface area contributed by atoms with Crippen molar-refractivity contribution in [2.45, 2.75) is 39.0 Å². The topological polar surface area (TPSA) is 49.4 Å². The van der Waals surface area contributed by atoms with Crippen molar-refractivity contribution in [1.82, 2.24) is 10.2 Å². The van der Waals surface area contributed by atoms with Crippen molar-refractivity contribution in [2.75, 3.05) is 19.6 Å². The highest BCUT2D eigenvalue weighted by Crippen LogP contribution is 2.35. The van der Waals surface area contributed by atoms with Gasteiger partial charge in [0.2, 0.25) is 5.91 Å². The van der Waals surface area contributed by atoms with Gasteiger partial charge in [-0.3, -0.25) is 9.59 Å². The molecule has 4 heteroatoms. The Morgan fingerprint density at radius 1 is 0.833 bits per heavy atom. The van der Waals surface area contributed by atoms with E-state index in [1.54, 1.807) is 4.90 Å². The number of nitrogens with zero attached hydrogens (tertiary/aromatic N) is 1. The standard InChI is InChI=1S/C32H34N2O2/c1-2-26-13-15-28(16-14-26)19-22-33-31(36)32(25-29-11-7-4-8-12-29)20-23-34(24-21-32)30(35)18-17-27-9-5-3-6-10-27/h3-16H,2,19-25H2,1H3,(H,33,36). The molecule has 1 heterocycles. The summed E-state index contributed by atoms with van der Waals surface area (Å²) < 4.78 is 0. The van der Waals surface area contributed by atoms with Crippen LogP contribution in [0.1, 0.15) is 42.0 Å². The second-order valence-corrected chi connectivity index (χ2v) is 9.53. The van der Waals surface area contributed by atoms with Gasteiger partial charge in [0.05, 0.1) is 5.41 Å². The Bertz CT molecular complexity index is 1200. The quantitative estimate of drug-likeness (QED) is 0.496. The van der Waals surface area contributed by atoms with Gasteiger partial charge in [-0.15, -0.1) is 0 Å². The highest BCUT2D eigenvalue weighted by atomic mass is 16.2. The van der Waals surface area contributed by atoms with Crippen molar-refractivity contribution in [1.29, 1.82) is 0 Å². The third-order valence-electron chi connectivity index (χ3n) is 7.09. The lowest BCUT2D eigenvalue weighted by molar-refractivity contribution is -0.138. The Morgan fingerprint density at radius 2 is 1.44 bits per heavy atom. The molecule has 1 saturated heterocycles. The Morgan fingerprint density at radius 3 is 2.08 bits per heavy atom. The summed E-state index contributed by atoms with van der Waals surface area (Å²) in [5.41, 5.74) is 3.98. The molecule has 1 aliphatic heterocycles. The van der Waals surface area contributed by atoms with Crippen LogP contribution >= 0.6 is 0 Å². The van der Waals surface area contributed by atoms with Crippen LogP contribution in [0.4, 0.5) is 0 Å². The minimum Gasteiger partial charge on any atom is -0.355 e. The van der Waals surface area contributed by atoms with Crippen LogP contribution in [0.2, 0.25) is 0 Å². The molecule has 184 valence electrons. The number of aryl methyl sites for hydroxylation is 1. The third-order valence-corrected chi connectivity index (χ3v) is 7.09. The van der Waals surface area contributed by atoms with Crippen molar-refractivity contribution in [3.63, 3.8) is 0 Å². The maximum absolute atomic E-state index is 13.6. The molecule has 0 bridgehead atoms. The number of amides is 2. The molecule has 0 saturated carbocycles. The number of hydrogen-bond donors (Lipinski definition) is 1. The summed E-state index contributed by atoms with van der Waals surface area (Å²) in [7, 11) is 0. The number of carbonyl (C=O) groups is 2. The zero-order valence-corrected chi connectivity index (χ0v) is 21.0. The van der Waals surface area contributed by atoms with Gasteiger partial charge in [0.25, 0.3) is 5.91 Å². The molecule has 0 unspecified atom stereocenters. The van der Waals surface area contributed by atoms with Gasteiger partial charge in [-0.25, -0.2) is 0 Å². The minimum atomic E-state index is -0.531. The lowest BCUT2D eigenvalue weighted by Crippen LogP contribution is -2.51. The molecule has 0 aromatic heterocycles. The summed E-state index contributed by atoms with van der Waals surface area (Å²) in [5.74, 6) is 5.63. The summed E-state index contributed by atoms with van der Waals surface area (Å²) in [4.78, 5) is 28.1. The van der Waals surface area contributed by atoms with E-state index >= 15 is 0 Å². The predicted molar refractivity (Wildman–Crippen MR) is 144 cm³/mol. The van der Waals surface area contributed by atoms with E-state index in [-0.39, 0.29) is 11.8 Å². The number of nitrogens with one attached hydrogen (secondary N) is 1. The molecule has 3 aromatic carbocycles. The first kappa shape index (κ1) is 25.3. The van der Waals surface area contributed by atoms with Gasteiger partial charge in [-0.05, 0) is 60.9 Å². The summed E-state index contributed by atoms with van der Waals surface area (Å²) in [6.07, 6.45) is 3.74. The summed E-state index contributed by atoms with van der Waals surface area (Å²) >= 11 is 0. The molecule has 1 aliphatic rings. The van der Waals surface area contributed by atoms with Gasteiger partial charge in [0, 0.05) is 31.1 Å². The molecule has 1 N–H and O–H groups in total. The molecule has 0 radical (unpaired) electrons. The molecule has 0 aliphatic carbocycles. The van der Waals surface area contributed by atoms with Crippen LogP contribution in [0.3, 0.4) is 0 Å². The van der Waals surface area contributed by atoms with Gasteiger partial charge in [0.15, 0.2) is 0 Å².